The highest BCUT2D eigenvalue weighted by Gasteiger charge is 2.17. The van der Waals surface area contributed by atoms with Crippen LogP contribution in [0.3, 0.4) is 0 Å². The van der Waals surface area contributed by atoms with Gasteiger partial charge in [0.15, 0.2) is 0 Å². The zero-order valence-corrected chi connectivity index (χ0v) is 11.1. The minimum absolute atomic E-state index is 0.907. The summed E-state index contributed by atoms with van der Waals surface area (Å²) >= 11 is 1.83. The van der Waals surface area contributed by atoms with E-state index in [1.165, 1.54) is 36.5 Å². The van der Waals surface area contributed by atoms with Crippen LogP contribution in [0.4, 0.5) is 0 Å². The van der Waals surface area contributed by atoms with E-state index in [4.69, 9.17) is 0 Å². The van der Waals surface area contributed by atoms with Crippen LogP contribution in [0, 0.1) is 5.92 Å². The third kappa shape index (κ3) is 2.94. The number of rotatable bonds is 2. The lowest BCUT2D eigenvalue weighted by Crippen LogP contribution is -2.31. The van der Waals surface area contributed by atoms with E-state index in [2.05, 4.69) is 42.4 Å². The van der Waals surface area contributed by atoms with Gasteiger partial charge in [0.25, 0.3) is 0 Å². The van der Waals surface area contributed by atoms with Crippen molar-refractivity contribution in [1.29, 1.82) is 0 Å². The highest BCUT2D eigenvalue weighted by atomic mass is 32.2. The molecule has 1 aliphatic carbocycles. The Kier molecular flexibility index (Phi) is 4.16. The van der Waals surface area contributed by atoms with E-state index in [1.807, 2.05) is 11.8 Å². The predicted molar refractivity (Wildman–Crippen MR) is 73.4 cm³/mol. The summed E-state index contributed by atoms with van der Waals surface area (Å²) < 4.78 is 0. The van der Waals surface area contributed by atoms with Crippen molar-refractivity contribution >= 4 is 11.8 Å². The molecular formula is C14H21NS. The Bertz CT molecular complexity index is 320. The molecule has 0 amide bonds. The molecule has 0 aromatic heterocycles. The minimum atomic E-state index is 0.907. The molecule has 0 radical (unpaired) electrons. The average Bonchev–Trinajstić information content (AvgIpc) is 2.55. The maximum atomic E-state index is 2.54. The lowest BCUT2D eigenvalue weighted by Gasteiger charge is -2.33. The number of allylic oxidation sites excluding steroid dienone is 4. The van der Waals surface area contributed by atoms with Crippen LogP contribution >= 0.6 is 11.8 Å². The van der Waals surface area contributed by atoms with Crippen molar-refractivity contribution in [3.63, 3.8) is 0 Å². The monoisotopic (exact) mass is 235 g/mol. The molecule has 0 unspecified atom stereocenters. The van der Waals surface area contributed by atoms with Gasteiger partial charge in [0.2, 0.25) is 0 Å². The van der Waals surface area contributed by atoms with Gasteiger partial charge in [-0.3, -0.25) is 0 Å². The first-order valence-electron chi connectivity index (χ1n) is 6.17. The maximum absolute atomic E-state index is 2.54. The van der Waals surface area contributed by atoms with Crippen molar-refractivity contribution in [2.45, 2.75) is 26.2 Å². The van der Waals surface area contributed by atoms with Gasteiger partial charge in [-0.15, -0.1) is 11.8 Å². The van der Waals surface area contributed by atoms with E-state index < -0.39 is 0 Å². The van der Waals surface area contributed by atoms with Crippen LogP contribution in [0.5, 0.6) is 0 Å². The molecule has 2 rings (SSSR count). The van der Waals surface area contributed by atoms with Crippen LogP contribution in [-0.4, -0.2) is 24.2 Å². The number of thioether (sulfide) groups is 1. The summed E-state index contributed by atoms with van der Waals surface area (Å²) in [4.78, 5) is 3.92. The van der Waals surface area contributed by atoms with Crippen LogP contribution in [0.1, 0.15) is 26.2 Å². The molecule has 0 spiro atoms. The molecule has 1 fully saturated rings. The Morgan fingerprint density at radius 1 is 1.31 bits per heavy atom. The first kappa shape index (κ1) is 11.8. The second-order valence-electron chi connectivity index (χ2n) is 4.69. The Hall–Kier alpha value is -0.630. The molecule has 2 aliphatic rings. The van der Waals surface area contributed by atoms with Crippen molar-refractivity contribution in [2.75, 3.05) is 19.3 Å². The van der Waals surface area contributed by atoms with E-state index in [1.54, 1.807) is 0 Å². The van der Waals surface area contributed by atoms with Gasteiger partial charge in [-0.2, -0.15) is 0 Å². The average molecular weight is 235 g/mol. The Labute approximate surface area is 103 Å². The van der Waals surface area contributed by atoms with E-state index in [-0.39, 0.29) is 0 Å². The summed E-state index contributed by atoms with van der Waals surface area (Å²) in [6.07, 6.45) is 15.1. The lowest BCUT2D eigenvalue weighted by atomic mass is 9.99. The fourth-order valence-corrected chi connectivity index (χ4v) is 2.71. The SMILES string of the molecule is CSC1=CC(N2CCC(C)CC2)=CCC=C1. The highest BCUT2D eigenvalue weighted by molar-refractivity contribution is 8.02. The second kappa shape index (κ2) is 5.62. The highest BCUT2D eigenvalue weighted by Crippen LogP contribution is 2.25. The molecular weight excluding hydrogens is 214 g/mol. The molecule has 1 saturated heterocycles. The van der Waals surface area contributed by atoms with Gasteiger partial charge in [0, 0.05) is 23.7 Å². The largest absolute Gasteiger partial charge is 0.372 e. The van der Waals surface area contributed by atoms with Gasteiger partial charge in [-0.25, -0.2) is 0 Å². The van der Waals surface area contributed by atoms with Crippen LogP contribution in [-0.2, 0) is 0 Å². The topological polar surface area (TPSA) is 3.24 Å². The summed E-state index contributed by atoms with van der Waals surface area (Å²) in [5.41, 5.74) is 1.43. The lowest BCUT2D eigenvalue weighted by molar-refractivity contribution is 0.243. The number of hydrogen-bond acceptors (Lipinski definition) is 2. The maximum Gasteiger partial charge on any atom is 0.0340 e. The van der Waals surface area contributed by atoms with Crippen molar-refractivity contribution in [3.8, 4) is 0 Å². The molecule has 0 atom stereocenters. The summed E-state index contributed by atoms with van der Waals surface area (Å²) in [6, 6.07) is 0. The van der Waals surface area contributed by atoms with Crippen LogP contribution in [0.25, 0.3) is 0 Å². The Morgan fingerprint density at radius 3 is 2.75 bits per heavy atom. The fourth-order valence-electron chi connectivity index (χ4n) is 2.24. The Balaban J connectivity index is 2.06. The third-order valence-corrected chi connectivity index (χ3v) is 4.15. The molecule has 16 heavy (non-hydrogen) atoms. The summed E-state index contributed by atoms with van der Waals surface area (Å²) in [5, 5.41) is 0. The van der Waals surface area contributed by atoms with Crippen LogP contribution in [0.2, 0.25) is 0 Å². The second-order valence-corrected chi connectivity index (χ2v) is 5.57. The molecule has 0 bridgehead atoms. The van der Waals surface area contributed by atoms with Gasteiger partial charge in [0.05, 0.1) is 0 Å². The number of nitrogens with zero attached hydrogens (tertiary/aromatic N) is 1. The summed E-state index contributed by atoms with van der Waals surface area (Å²) in [7, 11) is 0. The number of hydrogen-bond donors (Lipinski definition) is 0. The minimum Gasteiger partial charge on any atom is -0.372 e. The van der Waals surface area contributed by atoms with E-state index in [0.29, 0.717) is 0 Å². The molecule has 1 heterocycles. The first-order chi connectivity index (χ1) is 7.79. The van der Waals surface area contributed by atoms with Gasteiger partial charge in [0.1, 0.15) is 0 Å². The van der Waals surface area contributed by atoms with Crippen LogP contribution < -0.4 is 0 Å². The van der Waals surface area contributed by atoms with Gasteiger partial charge in [-0.1, -0.05) is 25.2 Å². The number of piperidine rings is 1. The molecule has 0 N–H and O–H groups in total. The molecule has 0 aromatic rings. The molecule has 0 saturated carbocycles. The van der Waals surface area contributed by atoms with Gasteiger partial charge >= 0.3 is 0 Å². The van der Waals surface area contributed by atoms with E-state index in [0.717, 1.165) is 12.3 Å². The van der Waals surface area contributed by atoms with Crippen molar-refractivity contribution in [3.05, 3.63) is 34.9 Å². The van der Waals surface area contributed by atoms with Crippen LogP contribution in [0.15, 0.2) is 34.9 Å². The van der Waals surface area contributed by atoms with E-state index >= 15 is 0 Å². The van der Waals surface area contributed by atoms with E-state index in [9.17, 15) is 0 Å². The Morgan fingerprint density at radius 2 is 2.06 bits per heavy atom. The third-order valence-electron chi connectivity index (χ3n) is 3.42. The smallest absolute Gasteiger partial charge is 0.0340 e. The predicted octanol–water partition coefficient (Wildman–Crippen LogP) is 3.81. The normalized spacial score (nSPS) is 22.8. The fraction of sp³-hybridized carbons (Fsp3) is 0.571. The standard InChI is InChI=1S/C14H21NS/c1-12-7-9-15(10-8-12)13-5-3-4-6-14(11-13)16-2/h4-6,11-12H,3,7-10H2,1-2H3. The van der Waals surface area contributed by atoms with Gasteiger partial charge in [-0.05, 0) is 37.5 Å². The molecule has 2 heteroatoms. The summed E-state index contributed by atoms with van der Waals surface area (Å²) in [6.45, 7) is 4.82. The quantitative estimate of drug-likeness (QED) is 0.716. The zero-order valence-electron chi connectivity index (χ0n) is 10.3. The zero-order chi connectivity index (χ0) is 11.4. The van der Waals surface area contributed by atoms with Gasteiger partial charge < -0.3 is 4.90 Å². The first-order valence-corrected chi connectivity index (χ1v) is 7.39. The van der Waals surface area contributed by atoms with Crippen molar-refractivity contribution in [2.24, 2.45) is 5.92 Å². The van der Waals surface area contributed by atoms with Crippen molar-refractivity contribution in [1.82, 2.24) is 4.90 Å². The molecule has 88 valence electrons. The number of likely N-dealkylation sites (tertiary alicyclic amines) is 1. The summed E-state index contributed by atoms with van der Waals surface area (Å²) in [5.74, 6) is 0.907. The molecule has 1 nitrogen and oxygen atoms in total. The molecule has 1 aliphatic heterocycles. The molecule has 0 aromatic carbocycles. The van der Waals surface area contributed by atoms with Crippen molar-refractivity contribution < 1.29 is 0 Å².